The smallest absolute Gasteiger partial charge is 0.0151 e. The zero-order valence-electron chi connectivity index (χ0n) is 9.18. The van der Waals surface area contributed by atoms with E-state index in [-0.39, 0.29) is 0 Å². The van der Waals surface area contributed by atoms with Crippen molar-refractivity contribution in [1.82, 2.24) is 0 Å². The molecule has 0 heterocycles. The Kier molecular flexibility index (Phi) is 3.23. The van der Waals surface area contributed by atoms with Gasteiger partial charge in [-0.3, -0.25) is 0 Å². The highest BCUT2D eigenvalue weighted by Gasteiger charge is 2.14. The average molecular weight is 188 g/mol. The summed E-state index contributed by atoms with van der Waals surface area (Å²) in [7, 11) is 0. The van der Waals surface area contributed by atoms with E-state index in [1.54, 1.807) is 11.1 Å². The second kappa shape index (κ2) is 4.63. The van der Waals surface area contributed by atoms with Crippen molar-refractivity contribution < 1.29 is 0 Å². The van der Waals surface area contributed by atoms with E-state index in [2.05, 4.69) is 25.1 Å². The van der Waals surface area contributed by atoms with E-state index >= 15 is 0 Å². The highest BCUT2D eigenvalue weighted by atomic mass is 14.2. The van der Waals surface area contributed by atoms with Gasteiger partial charge in [0.05, 0.1) is 0 Å². The SMILES string of the molecule is CCCCCCCCc1cc2ccc1-2. The van der Waals surface area contributed by atoms with Crippen LogP contribution in [0.5, 0.6) is 0 Å². The van der Waals surface area contributed by atoms with Crippen LogP contribution in [0.1, 0.15) is 51.0 Å². The molecule has 2 rings (SSSR count). The van der Waals surface area contributed by atoms with Gasteiger partial charge in [0.1, 0.15) is 0 Å². The predicted molar refractivity (Wildman–Crippen MR) is 62.5 cm³/mol. The molecule has 0 fully saturated rings. The van der Waals surface area contributed by atoms with Gasteiger partial charge in [-0.2, -0.15) is 0 Å². The standard InChI is InChI=1S/C14H20/c1-2-3-4-5-6-7-8-12-11-13-9-10-14(12)13/h9-11H,2-8H2,1H3. The van der Waals surface area contributed by atoms with Gasteiger partial charge < -0.3 is 0 Å². The maximum Gasteiger partial charge on any atom is -0.0151 e. The lowest BCUT2D eigenvalue weighted by Crippen LogP contribution is -2.00. The largest absolute Gasteiger partial charge is 0.0654 e. The molecular formula is C14H20. The molecule has 0 bridgehead atoms. The molecule has 76 valence electrons. The van der Waals surface area contributed by atoms with Crippen molar-refractivity contribution in [2.24, 2.45) is 0 Å². The van der Waals surface area contributed by atoms with Gasteiger partial charge in [0.15, 0.2) is 0 Å². The summed E-state index contributed by atoms with van der Waals surface area (Å²) in [6.07, 6.45) is 9.76. The molecule has 0 aromatic carbocycles. The summed E-state index contributed by atoms with van der Waals surface area (Å²) in [5.41, 5.74) is 4.66. The second-order valence-electron chi connectivity index (χ2n) is 4.39. The Bertz CT molecular complexity index is 299. The summed E-state index contributed by atoms with van der Waals surface area (Å²) in [6.45, 7) is 2.27. The van der Waals surface area contributed by atoms with Crippen molar-refractivity contribution in [2.75, 3.05) is 0 Å². The van der Waals surface area contributed by atoms with E-state index in [4.69, 9.17) is 0 Å². The molecule has 0 radical (unpaired) electrons. The zero-order chi connectivity index (χ0) is 9.80. The van der Waals surface area contributed by atoms with Crippen molar-refractivity contribution in [1.29, 1.82) is 0 Å². The summed E-state index contributed by atoms with van der Waals surface area (Å²) < 4.78 is 0. The van der Waals surface area contributed by atoms with E-state index in [0.717, 1.165) is 0 Å². The van der Waals surface area contributed by atoms with Gasteiger partial charge in [-0.05, 0) is 29.5 Å². The molecule has 0 saturated carbocycles. The number of aryl methyl sites for hydroxylation is 1. The third kappa shape index (κ3) is 2.00. The van der Waals surface area contributed by atoms with Crippen LogP contribution in [0, 0.1) is 0 Å². The van der Waals surface area contributed by atoms with Crippen molar-refractivity contribution in [3.8, 4) is 11.1 Å². The van der Waals surface area contributed by atoms with Crippen molar-refractivity contribution >= 4 is 0 Å². The van der Waals surface area contributed by atoms with Crippen LogP contribution in [0.15, 0.2) is 18.2 Å². The Balaban J connectivity index is 1.53. The lowest BCUT2D eigenvalue weighted by molar-refractivity contribution is 0.607. The van der Waals surface area contributed by atoms with Crippen LogP contribution in [-0.2, 0) is 6.42 Å². The molecule has 0 aromatic rings. The maximum absolute atomic E-state index is 2.35. The first-order valence-corrected chi connectivity index (χ1v) is 6.05. The number of hydrogen-bond donors (Lipinski definition) is 0. The minimum atomic E-state index is 1.31. The first-order chi connectivity index (χ1) is 6.92. The Hall–Kier alpha value is -0.780. The molecule has 14 heavy (non-hydrogen) atoms. The maximum atomic E-state index is 2.35. The fourth-order valence-corrected chi connectivity index (χ4v) is 2.17. The van der Waals surface area contributed by atoms with Crippen LogP contribution >= 0.6 is 0 Å². The van der Waals surface area contributed by atoms with Crippen molar-refractivity contribution in [2.45, 2.75) is 51.9 Å². The zero-order valence-corrected chi connectivity index (χ0v) is 9.18. The van der Waals surface area contributed by atoms with E-state index in [0.29, 0.717) is 0 Å². The Morgan fingerprint density at radius 3 is 2.29 bits per heavy atom. The predicted octanol–water partition coefficient (Wildman–Crippen LogP) is 4.57. The molecule has 0 aliphatic heterocycles. The number of rotatable bonds is 7. The topological polar surface area (TPSA) is 0 Å². The number of hydrogen-bond acceptors (Lipinski definition) is 0. The van der Waals surface area contributed by atoms with Gasteiger partial charge in [0, 0.05) is 0 Å². The van der Waals surface area contributed by atoms with E-state index in [1.165, 1.54) is 50.5 Å². The Labute approximate surface area is 87.3 Å². The minimum Gasteiger partial charge on any atom is -0.0654 e. The van der Waals surface area contributed by atoms with E-state index in [1.807, 2.05) is 0 Å². The Morgan fingerprint density at radius 1 is 0.929 bits per heavy atom. The molecule has 0 aromatic heterocycles. The second-order valence-corrected chi connectivity index (χ2v) is 4.39. The minimum absolute atomic E-state index is 1.31. The number of fused-ring (bicyclic) bond motifs is 1. The molecule has 2 aliphatic carbocycles. The van der Waals surface area contributed by atoms with E-state index < -0.39 is 0 Å². The lowest BCUT2D eigenvalue weighted by atomic mass is 9.84. The number of benzene rings is 1. The molecule has 0 N–H and O–H groups in total. The normalized spacial score (nSPS) is 11.8. The molecule has 0 spiro atoms. The summed E-state index contributed by atoms with van der Waals surface area (Å²) in [5, 5.41) is 0. The fraction of sp³-hybridized carbons (Fsp3) is 0.571. The molecule has 2 aliphatic rings. The first kappa shape index (κ1) is 9.76. The van der Waals surface area contributed by atoms with Crippen LogP contribution in [0.4, 0.5) is 0 Å². The van der Waals surface area contributed by atoms with Crippen molar-refractivity contribution in [3.05, 3.63) is 23.8 Å². The summed E-state index contributed by atoms with van der Waals surface area (Å²) >= 11 is 0. The quantitative estimate of drug-likeness (QED) is 0.558. The summed E-state index contributed by atoms with van der Waals surface area (Å²) in [4.78, 5) is 0. The molecule has 0 amide bonds. The van der Waals surface area contributed by atoms with Gasteiger partial charge in [-0.1, -0.05) is 57.2 Å². The molecule has 0 nitrogen and oxygen atoms in total. The molecule has 0 atom stereocenters. The number of unbranched alkanes of at least 4 members (excludes halogenated alkanes) is 5. The fourth-order valence-electron chi connectivity index (χ4n) is 2.17. The summed E-state index contributed by atoms with van der Waals surface area (Å²) in [5.74, 6) is 0. The van der Waals surface area contributed by atoms with E-state index in [9.17, 15) is 0 Å². The van der Waals surface area contributed by atoms with Gasteiger partial charge in [-0.25, -0.2) is 0 Å². The molecule has 0 saturated heterocycles. The lowest BCUT2D eigenvalue weighted by Gasteiger charge is -2.20. The first-order valence-electron chi connectivity index (χ1n) is 6.05. The van der Waals surface area contributed by atoms with Gasteiger partial charge in [-0.15, -0.1) is 0 Å². The molecule has 0 heteroatoms. The monoisotopic (exact) mass is 188 g/mol. The van der Waals surface area contributed by atoms with Crippen LogP contribution in [-0.4, -0.2) is 0 Å². The molecular weight excluding hydrogens is 168 g/mol. The third-order valence-electron chi connectivity index (χ3n) is 3.22. The third-order valence-corrected chi connectivity index (χ3v) is 3.22. The van der Waals surface area contributed by atoms with Crippen molar-refractivity contribution in [3.63, 3.8) is 0 Å². The average Bonchev–Trinajstić information content (AvgIpc) is 2.17. The van der Waals surface area contributed by atoms with Gasteiger partial charge in [0.2, 0.25) is 0 Å². The van der Waals surface area contributed by atoms with Crippen LogP contribution in [0.3, 0.4) is 0 Å². The van der Waals surface area contributed by atoms with Gasteiger partial charge >= 0.3 is 0 Å². The van der Waals surface area contributed by atoms with Crippen LogP contribution in [0.2, 0.25) is 0 Å². The molecule has 0 unspecified atom stereocenters. The Morgan fingerprint density at radius 2 is 1.71 bits per heavy atom. The summed E-state index contributed by atoms with van der Waals surface area (Å²) in [6, 6.07) is 6.81. The van der Waals surface area contributed by atoms with Crippen LogP contribution in [0.25, 0.3) is 11.1 Å². The highest BCUT2D eigenvalue weighted by molar-refractivity contribution is 5.80. The van der Waals surface area contributed by atoms with Crippen LogP contribution < -0.4 is 0 Å². The highest BCUT2D eigenvalue weighted by Crippen LogP contribution is 2.37. The van der Waals surface area contributed by atoms with Gasteiger partial charge in [0.25, 0.3) is 0 Å².